The van der Waals surface area contributed by atoms with Crippen molar-refractivity contribution in [2.24, 2.45) is 5.92 Å². The summed E-state index contributed by atoms with van der Waals surface area (Å²) in [6, 6.07) is 12.6. The zero-order valence-corrected chi connectivity index (χ0v) is 30.0. The first-order valence-electron chi connectivity index (χ1n) is 17.3. The van der Waals surface area contributed by atoms with Crippen molar-refractivity contribution in [2.75, 3.05) is 45.4 Å². The number of methoxy groups -OCH3 is 1. The van der Waals surface area contributed by atoms with Gasteiger partial charge in [0.1, 0.15) is 5.75 Å². The molecule has 254 valence electrons. The molecule has 9 heteroatoms. The Hall–Kier alpha value is -1.94. The van der Waals surface area contributed by atoms with Crippen LogP contribution in [0.3, 0.4) is 0 Å². The summed E-state index contributed by atoms with van der Waals surface area (Å²) in [6.45, 7) is 9.94. The molecule has 46 heavy (non-hydrogen) atoms. The van der Waals surface area contributed by atoms with Gasteiger partial charge in [0.15, 0.2) is 11.2 Å². The molecule has 1 saturated heterocycles. The van der Waals surface area contributed by atoms with Crippen LogP contribution in [-0.4, -0.2) is 67.2 Å². The lowest BCUT2D eigenvalue weighted by molar-refractivity contribution is 0.0450. The normalized spacial score (nSPS) is 22.6. The first kappa shape index (κ1) is 35.4. The number of nitrogens with one attached hydrogen (secondary N) is 1. The molecular formula is C37H54ClN3O4S. The summed E-state index contributed by atoms with van der Waals surface area (Å²) in [5.74, 6) is 1.75. The van der Waals surface area contributed by atoms with E-state index in [9.17, 15) is 4.21 Å². The Labute approximate surface area is 284 Å². The summed E-state index contributed by atoms with van der Waals surface area (Å²) >= 11 is 4.98. The van der Waals surface area contributed by atoms with E-state index >= 15 is 0 Å². The van der Waals surface area contributed by atoms with Gasteiger partial charge in [-0.1, -0.05) is 49.6 Å². The van der Waals surface area contributed by atoms with E-state index in [1.807, 2.05) is 13.2 Å². The van der Waals surface area contributed by atoms with E-state index in [4.69, 9.17) is 25.8 Å². The second kappa shape index (κ2) is 16.9. The van der Waals surface area contributed by atoms with E-state index in [1.165, 1.54) is 36.0 Å². The third kappa shape index (κ3) is 8.94. The lowest BCUT2D eigenvalue weighted by atomic mass is 9.78. The van der Waals surface area contributed by atoms with E-state index in [0.29, 0.717) is 25.6 Å². The van der Waals surface area contributed by atoms with Crippen LogP contribution in [0.5, 0.6) is 5.75 Å². The van der Waals surface area contributed by atoms with Crippen LogP contribution >= 0.6 is 11.6 Å². The standard InChI is InChI=1S/C37H54ClN3O4S/c1-6-9-30-21-32(38)16-17-34(30)31-23-40(4)35-20-28(15-18-36(35)45-25-31)22-39-46(42)41(24-33-12-8-19-44-33)27(3)14-13-26(2)37(43-5)29-10-7-11-29/h13,15-18,20-21,27,29,31,33,37,39H,6-12,14,19,22-25H2,1-5H3/b26-13+/t27?,31?,33-,37?,46?/m1/s1. The largest absolute Gasteiger partial charge is 0.491 e. The number of ether oxygens (including phenoxy) is 3. The number of aryl methyl sites for hydroxylation is 1. The van der Waals surface area contributed by atoms with Crippen molar-refractivity contribution in [1.29, 1.82) is 0 Å². The molecule has 2 fully saturated rings. The fourth-order valence-corrected chi connectivity index (χ4v) is 8.49. The monoisotopic (exact) mass is 671 g/mol. The Balaban J connectivity index is 1.24. The molecule has 3 aliphatic rings. The van der Waals surface area contributed by atoms with Gasteiger partial charge in [0.2, 0.25) is 0 Å². The Morgan fingerprint density at radius 1 is 1.22 bits per heavy atom. The van der Waals surface area contributed by atoms with Crippen molar-refractivity contribution in [3.05, 3.63) is 69.8 Å². The van der Waals surface area contributed by atoms with Crippen molar-refractivity contribution in [3.63, 3.8) is 0 Å². The van der Waals surface area contributed by atoms with E-state index in [-0.39, 0.29) is 24.2 Å². The van der Waals surface area contributed by atoms with E-state index in [2.05, 4.69) is 78.2 Å². The molecule has 2 heterocycles. The van der Waals surface area contributed by atoms with Crippen LogP contribution in [0.2, 0.25) is 5.02 Å². The average molecular weight is 672 g/mol. The predicted octanol–water partition coefficient (Wildman–Crippen LogP) is 7.59. The molecule has 1 saturated carbocycles. The fraction of sp³-hybridized carbons (Fsp3) is 0.622. The Morgan fingerprint density at radius 2 is 2.04 bits per heavy atom. The smallest absolute Gasteiger partial charge is 0.170 e. The van der Waals surface area contributed by atoms with Crippen LogP contribution in [0.4, 0.5) is 5.69 Å². The maximum atomic E-state index is 13.8. The molecule has 7 nitrogen and oxygen atoms in total. The molecule has 5 atom stereocenters. The zero-order chi connectivity index (χ0) is 32.6. The molecule has 2 aromatic rings. The molecule has 0 bridgehead atoms. The summed E-state index contributed by atoms with van der Waals surface area (Å²) in [5.41, 5.74) is 6.03. The third-order valence-electron chi connectivity index (χ3n) is 10.0. The SMILES string of the molecule is CCCc1cc(Cl)ccc1C1COc2ccc(CNS(=O)N(C[C@H]3CCCO3)C(C)C/C=C(\C)C(OC)C3CCC3)cc2N(C)C1. The van der Waals surface area contributed by atoms with Gasteiger partial charge < -0.3 is 19.1 Å². The van der Waals surface area contributed by atoms with Crippen molar-refractivity contribution in [2.45, 2.75) is 103 Å². The molecule has 2 aliphatic heterocycles. The van der Waals surface area contributed by atoms with Crippen molar-refractivity contribution in [3.8, 4) is 5.75 Å². The van der Waals surface area contributed by atoms with Gasteiger partial charge in [-0.2, -0.15) is 0 Å². The van der Waals surface area contributed by atoms with Crippen LogP contribution in [0, 0.1) is 5.92 Å². The van der Waals surface area contributed by atoms with Gasteiger partial charge in [-0.25, -0.2) is 13.2 Å². The zero-order valence-electron chi connectivity index (χ0n) is 28.4. The minimum absolute atomic E-state index is 0.0837. The van der Waals surface area contributed by atoms with Gasteiger partial charge in [0.25, 0.3) is 0 Å². The lowest BCUT2D eigenvalue weighted by Crippen LogP contribution is -2.44. The number of hydrogen-bond acceptors (Lipinski definition) is 5. The number of fused-ring (bicyclic) bond motifs is 1. The maximum Gasteiger partial charge on any atom is 0.170 e. The number of halogens is 1. The molecule has 1 aliphatic carbocycles. The first-order valence-corrected chi connectivity index (χ1v) is 18.7. The first-order chi connectivity index (χ1) is 22.3. The molecule has 0 aromatic heterocycles. The van der Waals surface area contributed by atoms with Gasteiger partial charge >= 0.3 is 0 Å². The molecule has 0 spiro atoms. The molecule has 1 N–H and O–H groups in total. The summed E-state index contributed by atoms with van der Waals surface area (Å²) in [7, 11) is 3.95. The number of benzene rings is 2. The number of nitrogens with zero attached hydrogens (tertiary/aromatic N) is 2. The Bertz CT molecular complexity index is 1350. The van der Waals surface area contributed by atoms with Gasteiger partial charge in [-0.05, 0) is 105 Å². The molecular weight excluding hydrogens is 618 g/mol. The van der Waals surface area contributed by atoms with Crippen molar-refractivity contribution < 1.29 is 18.4 Å². The number of hydrogen-bond donors (Lipinski definition) is 1. The number of anilines is 1. The summed E-state index contributed by atoms with van der Waals surface area (Å²) in [4.78, 5) is 2.29. The predicted molar refractivity (Wildman–Crippen MR) is 190 cm³/mol. The maximum absolute atomic E-state index is 13.8. The van der Waals surface area contributed by atoms with E-state index in [1.54, 1.807) is 0 Å². The second-order valence-corrected chi connectivity index (χ2v) is 15.2. The molecule has 0 amide bonds. The highest BCUT2D eigenvalue weighted by Gasteiger charge is 2.30. The lowest BCUT2D eigenvalue weighted by Gasteiger charge is -2.34. The van der Waals surface area contributed by atoms with Crippen molar-refractivity contribution in [1.82, 2.24) is 9.03 Å². The minimum atomic E-state index is -1.37. The van der Waals surface area contributed by atoms with Crippen LogP contribution in [-0.2, 0) is 33.6 Å². The van der Waals surface area contributed by atoms with E-state index in [0.717, 1.165) is 67.3 Å². The average Bonchev–Trinajstić information content (AvgIpc) is 3.49. The van der Waals surface area contributed by atoms with Crippen molar-refractivity contribution >= 4 is 28.5 Å². The molecule has 0 radical (unpaired) electrons. The summed E-state index contributed by atoms with van der Waals surface area (Å²) in [6.07, 6.45) is 11.3. The summed E-state index contributed by atoms with van der Waals surface area (Å²) in [5, 5.41) is 0.784. The van der Waals surface area contributed by atoms with Gasteiger partial charge in [0.05, 0.1) is 24.5 Å². The molecule has 5 rings (SSSR count). The van der Waals surface area contributed by atoms with Gasteiger partial charge in [-0.15, -0.1) is 0 Å². The highest BCUT2D eigenvalue weighted by molar-refractivity contribution is 7.80. The third-order valence-corrected chi connectivity index (χ3v) is 11.6. The molecule has 4 unspecified atom stereocenters. The quantitative estimate of drug-likeness (QED) is 0.198. The van der Waals surface area contributed by atoms with Crippen LogP contribution in [0.15, 0.2) is 48.0 Å². The van der Waals surface area contributed by atoms with Crippen LogP contribution < -0.4 is 14.4 Å². The van der Waals surface area contributed by atoms with Gasteiger partial charge in [0, 0.05) is 57.4 Å². The van der Waals surface area contributed by atoms with Gasteiger partial charge in [-0.3, -0.25) is 0 Å². The number of rotatable bonds is 15. The minimum Gasteiger partial charge on any atom is -0.491 e. The second-order valence-electron chi connectivity index (χ2n) is 13.5. The van der Waals surface area contributed by atoms with Crippen LogP contribution in [0.1, 0.15) is 88.3 Å². The Morgan fingerprint density at radius 3 is 2.74 bits per heavy atom. The topological polar surface area (TPSA) is 63.3 Å². The van der Waals surface area contributed by atoms with Crippen LogP contribution in [0.25, 0.3) is 0 Å². The highest BCUT2D eigenvalue weighted by atomic mass is 35.5. The summed E-state index contributed by atoms with van der Waals surface area (Å²) < 4.78 is 37.5. The highest BCUT2D eigenvalue weighted by Crippen LogP contribution is 2.37. The van der Waals surface area contributed by atoms with E-state index < -0.39 is 11.2 Å². The fourth-order valence-electron chi connectivity index (χ4n) is 7.12. The molecule has 2 aromatic carbocycles. The number of likely N-dealkylation sites (N-methyl/N-ethyl adjacent to an activating group) is 1. The Kier molecular flexibility index (Phi) is 13.0.